The zero-order chi connectivity index (χ0) is 19.4. The number of aryl methyl sites for hydroxylation is 1. The smallest absolute Gasteiger partial charge is 0.240 e. The lowest BCUT2D eigenvalue weighted by Crippen LogP contribution is -2.40. The van der Waals surface area contributed by atoms with Crippen molar-refractivity contribution in [3.63, 3.8) is 0 Å². The van der Waals surface area contributed by atoms with Gasteiger partial charge >= 0.3 is 0 Å². The van der Waals surface area contributed by atoms with E-state index >= 15 is 0 Å². The van der Waals surface area contributed by atoms with Gasteiger partial charge in [-0.05, 0) is 68.0 Å². The molecule has 2 amide bonds. The quantitative estimate of drug-likeness (QED) is 0.738. The molecule has 2 N–H and O–H groups in total. The molecule has 2 aromatic carbocycles. The molecule has 0 unspecified atom stereocenters. The van der Waals surface area contributed by atoms with Crippen LogP contribution in [-0.4, -0.2) is 25.5 Å². The van der Waals surface area contributed by atoms with Crippen molar-refractivity contribution in [2.75, 3.05) is 19.0 Å². The SMILES string of the molecule is COc1ccc(CCNC(=O)C2(C(=O)Nc3cccc(C)c3C)CC2)cc1. The van der Waals surface area contributed by atoms with Gasteiger partial charge in [0.05, 0.1) is 7.11 Å². The molecule has 0 spiro atoms. The summed E-state index contributed by atoms with van der Waals surface area (Å²) >= 11 is 0. The minimum Gasteiger partial charge on any atom is -0.497 e. The van der Waals surface area contributed by atoms with Crippen LogP contribution in [0.3, 0.4) is 0 Å². The van der Waals surface area contributed by atoms with E-state index < -0.39 is 5.41 Å². The third kappa shape index (κ3) is 4.13. The van der Waals surface area contributed by atoms with E-state index in [4.69, 9.17) is 4.74 Å². The fourth-order valence-electron chi connectivity index (χ4n) is 3.09. The van der Waals surface area contributed by atoms with Crippen LogP contribution < -0.4 is 15.4 Å². The summed E-state index contributed by atoms with van der Waals surface area (Å²) in [6, 6.07) is 13.5. The van der Waals surface area contributed by atoms with E-state index in [1.165, 1.54) is 0 Å². The maximum atomic E-state index is 12.7. The Kier molecular flexibility index (Phi) is 5.49. The van der Waals surface area contributed by atoms with Gasteiger partial charge in [-0.25, -0.2) is 0 Å². The highest BCUT2D eigenvalue weighted by atomic mass is 16.5. The molecule has 0 bridgehead atoms. The predicted octanol–water partition coefficient (Wildman–Crippen LogP) is 3.39. The first-order valence-corrected chi connectivity index (χ1v) is 9.25. The summed E-state index contributed by atoms with van der Waals surface area (Å²) in [7, 11) is 1.63. The zero-order valence-electron chi connectivity index (χ0n) is 16.1. The van der Waals surface area contributed by atoms with Gasteiger partial charge in [-0.2, -0.15) is 0 Å². The molecule has 1 saturated carbocycles. The van der Waals surface area contributed by atoms with E-state index in [1.807, 2.05) is 56.3 Å². The van der Waals surface area contributed by atoms with E-state index in [-0.39, 0.29) is 11.8 Å². The molecule has 0 radical (unpaired) electrons. The average Bonchev–Trinajstić information content (AvgIpc) is 3.48. The van der Waals surface area contributed by atoms with Crippen molar-refractivity contribution in [2.24, 2.45) is 5.41 Å². The third-order valence-corrected chi connectivity index (χ3v) is 5.33. The summed E-state index contributed by atoms with van der Waals surface area (Å²) < 4.78 is 5.14. The summed E-state index contributed by atoms with van der Waals surface area (Å²) in [6.07, 6.45) is 1.90. The molecule has 0 aliphatic heterocycles. The van der Waals surface area contributed by atoms with Gasteiger partial charge in [-0.1, -0.05) is 24.3 Å². The molecule has 5 nitrogen and oxygen atoms in total. The highest BCUT2D eigenvalue weighted by Gasteiger charge is 2.56. The van der Waals surface area contributed by atoms with Crippen LogP contribution in [0.15, 0.2) is 42.5 Å². The van der Waals surface area contributed by atoms with Gasteiger partial charge < -0.3 is 15.4 Å². The molecule has 1 aliphatic rings. The molecule has 1 fully saturated rings. The molecule has 1 aliphatic carbocycles. The number of ether oxygens (including phenoxy) is 1. The van der Waals surface area contributed by atoms with Crippen molar-refractivity contribution in [3.8, 4) is 5.75 Å². The van der Waals surface area contributed by atoms with Crippen LogP contribution in [0.25, 0.3) is 0 Å². The van der Waals surface area contributed by atoms with Crippen molar-refractivity contribution >= 4 is 17.5 Å². The minimum atomic E-state index is -0.921. The Balaban J connectivity index is 1.55. The largest absolute Gasteiger partial charge is 0.497 e. The van der Waals surface area contributed by atoms with Gasteiger partial charge in [0.15, 0.2) is 0 Å². The fraction of sp³-hybridized carbons (Fsp3) is 0.364. The van der Waals surface area contributed by atoms with Crippen LogP contribution in [0.4, 0.5) is 5.69 Å². The Hall–Kier alpha value is -2.82. The van der Waals surface area contributed by atoms with Crippen molar-refractivity contribution in [1.29, 1.82) is 0 Å². The number of anilines is 1. The van der Waals surface area contributed by atoms with E-state index in [1.54, 1.807) is 7.11 Å². The van der Waals surface area contributed by atoms with Crippen LogP contribution in [0.2, 0.25) is 0 Å². The number of hydrogen-bond donors (Lipinski definition) is 2. The number of carbonyl (C=O) groups excluding carboxylic acids is 2. The Labute approximate surface area is 160 Å². The van der Waals surface area contributed by atoms with Gasteiger partial charge in [0.2, 0.25) is 11.8 Å². The molecular formula is C22H26N2O3. The zero-order valence-corrected chi connectivity index (χ0v) is 16.1. The molecule has 142 valence electrons. The van der Waals surface area contributed by atoms with E-state index in [2.05, 4.69) is 10.6 Å². The predicted molar refractivity (Wildman–Crippen MR) is 106 cm³/mol. The topological polar surface area (TPSA) is 67.4 Å². The summed E-state index contributed by atoms with van der Waals surface area (Å²) in [4.78, 5) is 25.3. The summed E-state index contributed by atoms with van der Waals surface area (Å²) in [5.41, 5.74) is 3.11. The van der Waals surface area contributed by atoms with Crippen molar-refractivity contribution < 1.29 is 14.3 Å². The molecule has 5 heteroatoms. The molecule has 0 heterocycles. The molecule has 0 aromatic heterocycles. The average molecular weight is 366 g/mol. The number of carbonyl (C=O) groups is 2. The lowest BCUT2D eigenvalue weighted by molar-refractivity contribution is -0.134. The van der Waals surface area contributed by atoms with Gasteiger partial charge in [0, 0.05) is 12.2 Å². The van der Waals surface area contributed by atoms with Crippen LogP contribution in [0.1, 0.15) is 29.5 Å². The highest BCUT2D eigenvalue weighted by molar-refractivity contribution is 6.13. The number of methoxy groups -OCH3 is 1. The van der Waals surface area contributed by atoms with Crippen LogP contribution >= 0.6 is 0 Å². The maximum Gasteiger partial charge on any atom is 0.240 e. The maximum absolute atomic E-state index is 12.7. The summed E-state index contributed by atoms with van der Waals surface area (Å²) in [5.74, 6) is 0.416. The van der Waals surface area contributed by atoms with Gasteiger partial charge in [0.1, 0.15) is 11.2 Å². The Morgan fingerprint density at radius 3 is 2.37 bits per heavy atom. The Morgan fingerprint density at radius 2 is 1.74 bits per heavy atom. The first-order chi connectivity index (χ1) is 13.0. The number of amides is 2. The highest BCUT2D eigenvalue weighted by Crippen LogP contribution is 2.47. The molecular weight excluding hydrogens is 340 g/mol. The molecule has 0 saturated heterocycles. The van der Waals surface area contributed by atoms with Gasteiger partial charge in [0.25, 0.3) is 0 Å². The number of benzene rings is 2. The normalized spacial score (nSPS) is 14.3. The van der Waals surface area contributed by atoms with Crippen molar-refractivity contribution in [2.45, 2.75) is 33.1 Å². The van der Waals surface area contributed by atoms with Crippen LogP contribution in [0, 0.1) is 19.3 Å². The van der Waals surface area contributed by atoms with Crippen molar-refractivity contribution in [1.82, 2.24) is 5.32 Å². The number of rotatable bonds is 7. The van der Waals surface area contributed by atoms with E-state index in [0.717, 1.165) is 28.1 Å². The lowest BCUT2D eigenvalue weighted by atomic mass is 10.0. The van der Waals surface area contributed by atoms with Gasteiger partial charge in [-0.15, -0.1) is 0 Å². The second kappa shape index (κ2) is 7.82. The second-order valence-electron chi connectivity index (χ2n) is 7.14. The van der Waals surface area contributed by atoms with Crippen LogP contribution in [-0.2, 0) is 16.0 Å². The van der Waals surface area contributed by atoms with Crippen molar-refractivity contribution in [3.05, 3.63) is 59.2 Å². The third-order valence-electron chi connectivity index (χ3n) is 5.33. The molecule has 27 heavy (non-hydrogen) atoms. The first kappa shape index (κ1) is 19.0. The van der Waals surface area contributed by atoms with Crippen LogP contribution in [0.5, 0.6) is 5.75 Å². The summed E-state index contributed by atoms with van der Waals surface area (Å²) in [5, 5.41) is 5.87. The number of nitrogens with one attached hydrogen (secondary N) is 2. The second-order valence-corrected chi connectivity index (χ2v) is 7.14. The lowest BCUT2D eigenvalue weighted by Gasteiger charge is -2.17. The van der Waals surface area contributed by atoms with E-state index in [0.29, 0.717) is 25.8 Å². The number of hydrogen-bond acceptors (Lipinski definition) is 3. The monoisotopic (exact) mass is 366 g/mol. The standard InChI is InChI=1S/C22H26N2O3/c1-15-5-4-6-19(16(15)2)24-21(26)22(12-13-22)20(25)23-14-11-17-7-9-18(27-3)10-8-17/h4-10H,11-14H2,1-3H3,(H,23,25)(H,24,26). The summed E-state index contributed by atoms with van der Waals surface area (Å²) in [6.45, 7) is 4.48. The first-order valence-electron chi connectivity index (χ1n) is 9.25. The van der Waals surface area contributed by atoms with Gasteiger partial charge in [-0.3, -0.25) is 9.59 Å². The molecule has 0 atom stereocenters. The van der Waals surface area contributed by atoms with E-state index in [9.17, 15) is 9.59 Å². The molecule has 2 aromatic rings. The minimum absolute atomic E-state index is 0.182. The molecule has 3 rings (SSSR count). The Bertz CT molecular complexity index is 839. The fourth-order valence-corrected chi connectivity index (χ4v) is 3.09. The Morgan fingerprint density at radius 1 is 1.04 bits per heavy atom.